The van der Waals surface area contributed by atoms with E-state index in [4.69, 9.17) is 28.7 Å². The van der Waals surface area contributed by atoms with Crippen LogP contribution in [-0.4, -0.2) is 167 Å². The van der Waals surface area contributed by atoms with Crippen LogP contribution in [0.3, 0.4) is 0 Å². The number of phenolic OH excluding ortho intramolecular Hbond substituents is 1. The Morgan fingerprint density at radius 2 is 0.797 bits per heavy atom. The van der Waals surface area contributed by atoms with Crippen LogP contribution < -0.4 is 76.5 Å². The van der Waals surface area contributed by atoms with Crippen molar-refractivity contribution in [2.24, 2.45) is 40.5 Å². The summed E-state index contributed by atoms with van der Waals surface area (Å²) in [5.41, 5.74) is 29.1. The summed E-state index contributed by atoms with van der Waals surface area (Å²) in [6, 6.07) is -6.56. The molecule has 21 N–H and O–H groups in total. The number of hydrogen-bond acceptors (Lipinski definition) is 18. The van der Waals surface area contributed by atoms with E-state index in [0.717, 1.165) is 0 Å². The van der Waals surface area contributed by atoms with Gasteiger partial charge >= 0.3 is 0 Å². The van der Waals surface area contributed by atoms with Crippen LogP contribution in [0.1, 0.15) is 111 Å². The van der Waals surface area contributed by atoms with Gasteiger partial charge in [-0.2, -0.15) is 25.3 Å². The lowest BCUT2D eigenvalue weighted by Gasteiger charge is -2.28. The number of hydrogen-bond donors (Lipinski definition) is 18. The number of unbranched alkanes of at least 4 members (excludes halogenated alkanes) is 3. The van der Waals surface area contributed by atoms with E-state index in [1.165, 1.54) is 19.1 Å². The largest absolute Gasteiger partial charge is 0.508 e. The molecule has 1 aromatic rings. The van der Waals surface area contributed by atoms with Crippen LogP contribution in [0.25, 0.3) is 0 Å². The first-order chi connectivity index (χ1) is 37.3. The maximum Gasteiger partial charge on any atom is 0.245 e. The van der Waals surface area contributed by atoms with Crippen LogP contribution in [0.15, 0.2) is 24.3 Å². The van der Waals surface area contributed by atoms with Gasteiger partial charge in [-0.25, -0.2) is 0 Å². The molecule has 26 nitrogen and oxygen atoms in total. The molecule has 0 bridgehead atoms. The Morgan fingerprint density at radius 3 is 1.18 bits per heavy atom. The highest BCUT2D eigenvalue weighted by Crippen LogP contribution is 2.14. The van der Waals surface area contributed by atoms with Crippen molar-refractivity contribution in [3.05, 3.63) is 29.8 Å². The van der Waals surface area contributed by atoms with E-state index in [1.807, 2.05) is 0 Å². The SMILES string of the molecule is CC(C)C[C@H](NC(=O)[C@H](C)NC(=O)[C@H](CC(C)C)NC(=O)[C@H](CCCCN)NC(=O)[C@H](CCCCN)NC(=O)[C@H](CCCCN)NC(=O)[C@H](CO)NC(=O)[C@@H](N)CS)C(=O)N[C@@H](CS)C(=O)N[C@@H](Cc1ccc(O)cc1)C(N)=O. The van der Waals surface area contributed by atoms with E-state index in [0.29, 0.717) is 44.1 Å². The van der Waals surface area contributed by atoms with Gasteiger partial charge in [0.15, 0.2) is 0 Å². The molecule has 0 heterocycles. The normalized spacial score (nSPS) is 15.1. The topological polar surface area (TPSA) is 450 Å². The van der Waals surface area contributed by atoms with Gasteiger partial charge in [-0.3, -0.25) is 47.9 Å². The number of carbonyl (C=O) groups excluding carboxylic acids is 10. The Labute approximate surface area is 474 Å². The third-order valence-corrected chi connectivity index (χ3v) is 13.1. The summed E-state index contributed by atoms with van der Waals surface area (Å²) in [5, 5.41) is 42.9. The molecule has 0 saturated heterocycles. The molecule has 0 fully saturated rings. The zero-order valence-electron chi connectivity index (χ0n) is 46.2. The number of benzene rings is 1. The first kappa shape index (κ1) is 71.2. The van der Waals surface area contributed by atoms with Gasteiger partial charge in [0.05, 0.1) is 12.6 Å². The van der Waals surface area contributed by atoms with Gasteiger partial charge in [0.2, 0.25) is 59.1 Å². The van der Waals surface area contributed by atoms with Crippen molar-refractivity contribution < 1.29 is 58.2 Å². The zero-order chi connectivity index (χ0) is 59.8. The van der Waals surface area contributed by atoms with Crippen molar-refractivity contribution in [3.63, 3.8) is 0 Å². The number of primary amides is 1. The maximum atomic E-state index is 14.2. The monoisotopic (exact) mass is 1150 g/mol. The molecule has 448 valence electrons. The lowest BCUT2D eigenvalue weighted by molar-refractivity contribution is -0.136. The Balaban J connectivity index is 3.34. The number of nitrogens with one attached hydrogen (secondary N) is 9. The molecule has 79 heavy (non-hydrogen) atoms. The summed E-state index contributed by atoms with van der Waals surface area (Å²) < 4.78 is 0. The van der Waals surface area contributed by atoms with E-state index in [-0.39, 0.29) is 87.3 Å². The van der Waals surface area contributed by atoms with Crippen molar-refractivity contribution in [1.29, 1.82) is 0 Å². The van der Waals surface area contributed by atoms with Gasteiger partial charge in [0.1, 0.15) is 60.1 Å². The smallest absolute Gasteiger partial charge is 0.245 e. The molecule has 0 aliphatic carbocycles. The van der Waals surface area contributed by atoms with Crippen molar-refractivity contribution in [2.45, 2.75) is 172 Å². The molecule has 10 amide bonds. The second-order valence-electron chi connectivity index (χ2n) is 20.3. The summed E-state index contributed by atoms with van der Waals surface area (Å²) in [6.07, 6.45) is 2.91. The Morgan fingerprint density at radius 1 is 0.456 bits per heavy atom. The van der Waals surface area contributed by atoms with Crippen LogP contribution >= 0.6 is 25.3 Å². The lowest BCUT2D eigenvalue weighted by Crippen LogP contribution is -2.60. The molecular weight excluding hydrogens is 1060 g/mol. The average Bonchev–Trinajstić information content (AvgIpc) is 3.39. The number of nitrogens with two attached hydrogens (primary N) is 5. The van der Waals surface area contributed by atoms with Crippen LogP contribution in [0.5, 0.6) is 5.75 Å². The van der Waals surface area contributed by atoms with Crippen molar-refractivity contribution >= 4 is 84.3 Å². The van der Waals surface area contributed by atoms with Gasteiger partial charge in [-0.15, -0.1) is 0 Å². The molecule has 0 aromatic heterocycles. The average molecular weight is 1160 g/mol. The molecule has 10 atom stereocenters. The number of phenols is 1. The molecule has 0 saturated carbocycles. The quantitative estimate of drug-likeness (QED) is 0.0224. The molecule has 0 unspecified atom stereocenters. The van der Waals surface area contributed by atoms with E-state index in [2.05, 4.69) is 73.1 Å². The van der Waals surface area contributed by atoms with Crippen molar-refractivity contribution in [1.82, 2.24) is 47.9 Å². The fraction of sp³-hybridized carbons (Fsp3) is 0.686. The summed E-state index contributed by atoms with van der Waals surface area (Å²) in [5.74, 6) is -8.42. The van der Waals surface area contributed by atoms with Crippen LogP contribution in [0, 0.1) is 11.8 Å². The molecule has 0 radical (unpaired) electrons. The third kappa shape index (κ3) is 27.8. The molecule has 0 aliphatic rings. The number of thiol groups is 2. The number of amides is 10. The van der Waals surface area contributed by atoms with Gasteiger partial charge in [-0.1, -0.05) is 39.8 Å². The number of aromatic hydroxyl groups is 1. The van der Waals surface area contributed by atoms with Gasteiger partial charge in [0, 0.05) is 17.9 Å². The molecular formula is C51H90N14O12S2. The predicted molar refractivity (Wildman–Crippen MR) is 304 cm³/mol. The Bertz CT molecular complexity index is 2110. The van der Waals surface area contributed by atoms with E-state index < -0.39 is 126 Å². The minimum Gasteiger partial charge on any atom is -0.508 e. The fourth-order valence-electron chi connectivity index (χ4n) is 7.84. The first-order valence-electron chi connectivity index (χ1n) is 26.8. The number of rotatable bonds is 40. The van der Waals surface area contributed by atoms with Crippen molar-refractivity contribution in [2.75, 3.05) is 37.7 Å². The standard InChI is InChI=1S/C51H90N14O12S2/c1-28(2)22-38(48(74)57-30(5)43(69)62-39(23-29(3)4)49(75)65-41(27-79)51(77)61-37(42(56)68)24-31-15-17-32(67)18-16-31)63-47(73)36(14-8-11-21-54)59-45(71)34(12-6-9-19-52)58-46(72)35(13-7-10-20-53)60-50(76)40(25-66)64-44(70)33(55)26-78/h15-18,28-30,33-41,66-67,78-79H,6-14,19-27,52-55H2,1-5H3,(H2,56,68)(H,57,74)(H,58,72)(H,59,71)(H,60,76)(H,61,77)(H,62,69)(H,63,73)(H,64,70)(H,65,75)/t30-,33-,34-,35-,36-,37-,38-,39-,40-,41-/m0/s1. The number of aliphatic hydroxyl groups excluding tert-OH is 1. The van der Waals surface area contributed by atoms with E-state index in [1.54, 1.807) is 39.8 Å². The van der Waals surface area contributed by atoms with Gasteiger partial charge < -0.3 is 86.7 Å². The lowest BCUT2D eigenvalue weighted by atomic mass is 10.0. The number of aliphatic hydroxyl groups is 1. The van der Waals surface area contributed by atoms with Crippen LogP contribution in [-0.2, 0) is 54.4 Å². The third-order valence-electron chi connectivity index (χ3n) is 12.4. The summed E-state index contributed by atoms with van der Waals surface area (Å²) in [7, 11) is 0. The van der Waals surface area contributed by atoms with E-state index in [9.17, 15) is 58.2 Å². The maximum absolute atomic E-state index is 14.2. The minimum atomic E-state index is -1.47. The Kier molecular flexibility index (Phi) is 34.9. The highest BCUT2D eigenvalue weighted by molar-refractivity contribution is 7.80. The highest BCUT2D eigenvalue weighted by atomic mass is 32.1. The molecule has 1 aromatic carbocycles. The van der Waals surface area contributed by atoms with E-state index >= 15 is 0 Å². The highest BCUT2D eigenvalue weighted by Gasteiger charge is 2.35. The summed E-state index contributed by atoms with van der Waals surface area (Å²) >= 11 is 8.21. The van der Waals surface area contributed by atoms with Crippen molar-refractivity contribution in [3.8, 4) is 5.75 Å². The Hall–Kier alpha value is -5.78. The summed E-state index contributed by atoms with van der Waals surface area (Å²) in [6.45, 7) is 8.59. The number of carbonyl (C=O) groups is 10. The molecule has 28 heteroatoms. The van der Waals surface area contributed by atoms with Crippen LogP contribution in [0.4, 0.5) is 0 Å². The molecule has 0 spiro atoms. The fourth-order valence-corrected chi connectivity index (χ4v) is 8.26. The molecule has 1 rings (SSSR count). The second-order valence-corrected chi connectivity index (χ2v) is 21.0. The van der Waals surface area contributed by atoms with Gasteiger partial charge in [-0.05, 0) is 127 Å². The first-order valence-corrected chi connectivity index (χ1v) is 28.1. The zero-order valence-corrected chi connectivity index (χ0v) is 48.0. The van der Waals surface area contributed by atoms with Gasteiger partial charge in [0.25, 0.3) is 0 Å². The minimum absolute atomic E-state index is 0.00103. The second kappa shape index (κ2) is 38.8. The molecule has 0 aliphatic heterocycles. The van der Waals surface area contributed by atoms with Crippen LogP contribution in [0.2, 0.25) is 0 Å². The predicted octanol–water partition coefficient (Wildman–Crippen LogP) is -3.54. The summed E-state index contributed by atoms with van der Waals surface area (Å²) in [4.78, 5) is 135.